The maximum absolute atomic E-state index is 14.4. The molecule has 6 aliphatic rings. The molecule has 216 valence electrons. The predicted octanol–water partition coefficient (Wildman–Crippen LogP) is 3.73. The lowest BCUT2D eigenvalue weighted by atomic mass is 9.69. The Morgan fingerprint density at radius 1 is 1.22 bits per heavy atom. The molecule has 0 bridgehead atoms. The summed E-state index contributed by atoms with van der Waals surface area (Å²) < 4.78 is 33.3. The summed E-state index contributed by atoms with van der Waals surface area (Å²) in [7, 11) is 0. The number of nitrogen functional groups attached to an aromatic ring is 1. The highest BCUT2D eigenvalue weighted by atomic mass is 19.1. The highest BCUT2D eigenvalue weighted by Crippen LogP contribution is 2.52. The molecular weight excluding hydrogens is 523 g/mol. The molecule has 10 heteroatoms. The van der Waals surface area contributed by atoms with Crippen molar-refractivity contribution in [1.82, 2.24) is 14.9 Å². The van der Waals surface area contributed by atoms with E-state index in [-0.39, 0.29) is 11.1 Å². The van der Waals surface area contributed by atoms with E-state index in [1.54, 1.807) is 0 Å². The van der Waals surface area contributed by atoms with E-state index in [2.05, 4.69) is 28.9 Å². The molecule has 8 rings (SSSR count). The van der Waals surface area contributed by atoms with E-state index in [9.17, 15) is 9.65 Å². The molecule has 4 atom stereocenters. The van der Waals surface area contributed by atoms with Gasteiger partial charge in [-0.3, -0.25) is 4.90 Å². The zero-order chi connectivity index (χ0) is 28.0. The maximum atomic E-state index is 14.4. The van der Waals surface area contributed by atoms with Gasteiger partial charge in [0.15, 0.2) is 0 Å². The van der Waals surface area contributed by atoms with Crippen LogP contribution in [-0.2, 0) is 28.1 Å². The molecule has 2 aromatic rings. The Morgan fingerprint density at radius 2 is 2.10 bits per heavy atom. The van der Waals surface area contributed by atoms with E-state index in [4.69, 9.17) is 29.9 Å². The lowest BCUT2D eigenvalue weighted by molar-refractivity contribution is -0.0920. The summed E-state index contributed by atoms with van der Waals surface area (Å²) in [6.07, 6.45) is 5.01. The van der Waals surface area contributed by atoms with Crippen molar-refractivity contribution in [3.63, 3.8) is 0 Å². The first kappa shape index (κ1) is 25.7. The number of benzene rings is 1. The molecule has 1 aromatic heterocycles. The van der Waals surface area contributed by atoms with Crippen molar-refractivity contribution in [2.45, 2.75) is 87.2 Å². The van der Waals surface area contributed by atoms with E-state index < -0.39 is 11.8 Å². The number of alkyl halides is 1. The van der Waals surface area contributed by atoms with E-state index in [1.807, 2.05) is 6.07 Å². The van der Waals surface area contributed by atoms with Crippen molar-refractivity contribution >= 4 is 11.5 Å². The van der Waals surface area contributed by atoms with Crippen molar-refractivity contribution in [3.05, 3.63) is 40.1 Å². The van der Waals surface area contributed by atoms with Crippen molar-refractivity contribution in [2.24, 2.45) is 0 Å². The predicted molar refractivity (Wildman–Crippen MR) is 149 cm³/mol. The first-order valence-corrected chi connectivity index (χ1v) is 15.1. The Morgan fingerprint density at radius 3 is 2.85 bits per heavy atom. The summed E-state index contributed by atoms with van der Waals surface area (Å²) in [5, 5.41) is 10.1. The van der Waals surface area contributed by atoms with Crippen LogP contribution < -0.4 is 15.4 Å². The zero-order valence-corrected chi connectivity index (χ0v) is 23.6. The number of fused-ring (bicyclic) bond motifs is 4. The van der Waals surface area contributed by atoms with Gasteiger partial charge in [0.2, 0.25) is 0 Å². The number of aromatic nitrogens is 2. The highest BCUT2D eigenvalue weighted by Gasteiger charge is 2.54. The average molecular weight is 561 g/mol. The lowest BCUT2D eigenvalue weighted by Gasteiger charge is -2.58. The van der Waals surface area contributed by atoms with Crippen LogP contribution in [0.15, 0.2) is 12.1 Å². The van der Waals surface area contributed by atoms with Gasteiger partial charge in [-0.25, -0.2) is 4.39 Å². The molecule has 0 amide bonds. The Hall–Kier alpha value is -3.00. The summed E-state index contributed by atoms with van der Waals surface area (Å²) in [5.41, 5.74) is 10.3. The number of nitrogens with zero attached hydrogens (tertiary/aromatic N) is 5. The molecule has 4 saturated heterocycles. The molecule has 0 unspecified atom stereocenters. The Kier molecular flexibility index (Phi) is 5.64. The first-order chi connectivity index (χ1) is 19.9. The van der Waals surface area contributed by atoms with Crippen molar-refractivity contribution in [2.75, 3.05) is 50.1 Å². The molecule has 0 saturated carbocycles. The van der Waals surface area contributed by atoms with E-state index in [0.717, 1.165) is 73.4 Å². The van der Waals surface area contributed by atoms with Crippen LogP contribution in [0.4, 0.5) is 15.9 Å². The summed E-state index contributed by atoms with van der Waals surface area (Å²) >= 11 is 0. The lowest BCUT2D eigenvalue weighted by Crippen LogP contribution is -2.71. The van der Waals surface area contributed by atoms with Crippen LogP contribution in [0.3, 0.4) is 0 Å². The summed E-state index contributed by atoms with van der Waals surface area (Å²) in [4.78, 5) is 14.6. The molecule has 6 heterocycles. The molecule has 0 radical (unpaired) electrons. The first-order valence-electron chi connectivity index (χ1n) is 15.1. The minimum Gasteiger partial charge on any atom is -0.461 e. The molecular formula is C31H37FN6O3. The van der Waals surface area contributed by atoms with Gasteiger partial charge in [0, 0.05) is 42.7 Å². The minimum absolute atomic E-state index is 0.0162. The molecule has 5 aliphatic heterocycles. The van der Waals surface area contributed by atoms with E-state index in [1.165, 1.54) is 0 Å². The van der Waals surface area contributed by atoms with Crippen LogP contribution in [0.1, 0.15) is 79.3 Å². The standard InChI is InChI=1S/C31H37FN6O3/c1-19-5-7-31(26-21(19)3-4-24(34)22(26)13-33)12-25-23(15-41-31)27(38-10-8-30(38)16-39-17-30)36-28(35-25)40-18-29-6-2-9-37(29)14-20(32)11-29/h3-4,19-20H,2,5-12,14-18,34H2,1H3/t19-,20+,29-,31-/m0/s1. The molecule has 1 aliphatic carbocycles. The second-order valence-corrected chi connectivity index (χ2v) is 13.2. The van der Waals surface area contributed by atoms with Crippen LogP contribution in [0.5, 0.6) is 6.01 Å². The van der Waals surface area contributed by atoms with Crippen molar-refractivity contribution in [3.8, 4) is 12.1 Å². The van der Waals surface area contributed by atoms with Gasteiger partial charge in [0.25, 0.3) is 0 Å². The van der Waals surface area contributed by atoms with Gasteiger partial charge in [0.05, 0.1) is 42.2 Å². The Bertz CT molecular complexity index is 1450. The monoisotopic (exact) mass is 560 g/mol. The quantitative estimate of drug-likeness (QED) is 0.560. The number of hydrogen-bond donors (Lipinski definition) is 1. The normalized spacial score (nSPS) is 33.0. The maximum Gasteiger partial charge on any atom is 0.318 e. The summed E-state index contributed by atoms with van der Waals surface area (Å²) in [5.74, 6) is 1.18. The number of hydrogen-bond acceptors (Lipinski definition) is 9. The SMILES string of the molecule is C[C@H]1CC[C@]2(Cc3nc(OC[C@@]45CCCN4C[C@H](F)C5)nc(N4CCC45COC5)c3CO2)c2c1ccc(N)c2C#N. The molecule has 9 nitrogen and oxygen atoms in total. The number of ether oxygens (including phenoxy) is 3. The van der Waals surface area contributed by atoms with Gasteiger partial charge >= 0.3 is 6.01 Å². The average Bonchev–Trinajstić information content (AvgIpc) is 3.44. The van der Waals surface area contributed by atoms with E-state index >= 15 is 0 Å². The topological polar surface area (TPSA) is 110 Å². The summed E-state index contributed by atoms with van der Waals surface area (Å²) in [6, 6.07) is 6.63. The third kappa shape index (κ3) is 3.68. The number of anilines is 2. The second-order valence-electron chi connectivity index (χ2n) is 13.2. The van der Waals surface area contributed by atoms with Crippen LogP contribution in [0.25, 0.3) is 0 Å². The largest absolute Gasteiger partial charge is 0.461 e. The zero-order valence-electron chi connectivity index (χ0n) is 23.6. The van der Waals surface area contributed by atoms with Crippen LogP contribution in [0, 0.1) is 11.3 Å². The fourth-order valence-corrected chi connectivity index (χ4v) is 8.47. The van der Waals surface area contributed by atoms with Gasteiger partial charge in [-0.1, -0.05) is 13.0 Å². The Labute approximate surface area is 239 Å². The van der Waals surface area contributed by atoms with Crippen molar-refractivity contribution < 1.29 is 18.6 Å². The van der Waals surface area contributed by atoms with E-state index in [0.29, 0.717) is 69.0 Å². The van der Waals surface area contributed by atoms with Gasteiger partial charge in [0.1, 0.15) is 30.3 Å². The van der Waals surface area contributed by atoms with Crippen LogP contribution >= 0.6 is 0 Å². The van der Waals surface area contributed by atoms with Gasteiger partial charge < -0.3 is 24.8 Å². The van der Waals surface area contributed by atoms with Crippen molar-refractivity contribution in [1.29, 1.82) is 5.26 Å². The van der Waals surface area contributed by atoms with Gasteiger partial charge in [-0.15, -0.1) is 0 Å². The molecule has 2 spiro atoms. The van der Waals surface area contributed by atoms with Gasteiger partial charge in [-0.05, 0) is 56.2 Å². The second kappa shape index (κ2) is 9.00. The van der Waals surface area contributed by atoms with Gasteiger partial charge in [-0.2, -0.15) is 15.2 Å². The highest BCUT2D eigenvalue weighted by molar-refractivity contribution is 5.64. The number of nitriles is 1. The fraction of sp³-hybridized carbons (Fsp3) is 0.645. The molecule has 1 aromatic carbocycles. The fourth-order valence-electron chi connectivity index (χ4n) is 8.47. The third-order valence-electron chi connectivity index (χ3n) is 10.9. The summed E-state index contributed by atoms with van der Waals surface area (Å²) in [6.45, 7) is 6.62. The third-order valence-corrected chi connectivity index (χ3v) is 10.9. The molecule has 2 N–H and O–H groups in total. The number of halogens is 1. The smallest absolute Gasteiger partial charge is 0.318 e. The minimum atomic E-state index is -0.814. The molecule has 41 heavy (non-hydrogen) atoms. The number of rotatable bonds is 4. The molecule has 4 fully saturated rings. The van der Waals surface area contributed by atoms with Crippen LogP contribution in [-0.4, -0.2) is 71.6 Å². The number of nitrogens with two attached hydrogens (primary N) is 1. The van der Waals surface area contributed by atoms with Crippen LogP contribution in [0.2, 0.25) is 0 Å². The Balaban J connectivity index is 1.19.